The molecule has 1 aromatic rings. The number of carbonyl (C=O) groups is 1. The van der Waals surface area contributed by atoms with Gasteiger partial charge in [-0.1, -0.05) is 0 Å². The summed E-state index contributed by atoms with van der Waals surface area (Å²) in [6.07, 6.45) is 4.31. The molecular formula is C13H18N4O2. The largest absolute Gasteiger partial charge is 0.352 e. The van der Waals surface area contributed by atoms with Crippen molar-refractivity contribution in [3.05, 3.63) is 22.2 Å². The van der Waals surface area contributed by atoms with Crippen LogP contribution < -0.4 is 15.8 Å². The minimum absolute atomic E-state index is 0.0138. The number of nitrogens with zero attached hydrogens (tertiary/aromatic N) is 2. The van der Waals surface area contributed by atoms with Crippen molar-refractivity contribution in [2.24, 2.45) is 0 Å². The Bertz CT molecular complexity index is 546. The zero-order chi connectivity index (χ0) is 13.4. The zero-order valence-electron chi connectivity index (χ0n) is 11.0. The lowest BCUT2D eigenvalue weighted by atomic mass is 10.3. The maximum absolute atomic E-state index is 11.7. The first-order chi connectivity index (χ1) is 9.11. The van der Waals surface area contributed by atoms with E-state index in [0.29, 0.717) is 17.8 Å². The van der Waals surface area contributed by atoms with Crippen LogP contribution in [0.5, 0.6) is 0 Å². The third-order valence-corrected chi connectivity index (χ3v) is 3.42. The molecule has 6 nitrogen and oxygen atoms in total. The molecule has 0 saturated heterocycles. The van der Waals surface area contributed by atoms with Crippen LogP contribution in [-0.2, 0) is 4.79 Å². The number of aromatic nitrogens is 2. The molecule has 2 aliphatic rings. The van der Waals surface area contributed by atoms with Gasteiger partial charge in [0.1, 0.15) is 11.6 Å². The van der Waals surface area contributed by atoms with Crippen LogP contribution in [-0.4, -0.2) is 35.5 Å². The number of carbonyl (C=O) groups excluding carboxylic acids is 1. The topological polar surface area (TPSA) is 78.1 Å². The predicted molar refractivity (Wildman–Crippen MR) is 71.3 cm³/mol. The fourth-order valence-electron chi connectivity index (χ4n) is 2.01. The van der Waals surface area contributed by atoms with Gasteiger partial charge in [-0.25, -0.2) is 4.98 Å². The molecule has 0 bridgehead atoms. The molecule has 102 valence electrons. The van der Waals surface area contributed by atoms with E-state index in [1.54, 1.807) is 11.9 Å². The molecule has 2 N–H and O–H groups in total. The molecule has 2 saturated carbocycles. The molecule has 2 aliphatic carbocycles. The molecule has 0 spiro atoms. The summed E-state index contributed by atoms with van der Waals surface area (Å²) in [4.78, 5) is 32.2. The third-order valence-electron chi connectivity index (χ3n) is 3.42. The van der Waals surface area contributed by atoms with E-state index < -0.39 is 0 Å². The highest BCUT2D eigenvalue weighted by Crippen LogP contribution is 2.37. The van der Waals surface area contributed by atoms with Gasteiger partial charge in [-0.05, 0) is 25.7 Å². The van der Waals surface area contributed by atoms with Gasteiger partial charge in [0.25, 0.3) is 5.56 Å². The highest BCUT2D eigenvalue weighted by atomic mass is 16.2. The molecular weight excluding hydrogens is 244 g/mol. The fourth-order valence-corrected chi connectivity index (χ4v) is 2.01. The summed E-state index contributed by atoms with van der Waals surface area (Å²) >= 11 is 0. The Kier molecular flexibility index (Phi) is 3.00. The molecule has 2 fully saturated rings. The highest BCUT2D eigenvalue weighted by Gasteiger charge is 2.27. The molecule has 3 rings (SSSR count). The Hall–Kier alpha value is -1.85. The molecule has 6 heteroatoms. The van der Waals surface area contributed by atoms with Gasteiger partial charge in [0.15, 0.2) is 0 Å². The van der Waals surface area contributed by atoms with Gasteiger partial charge < -0.3 is 15.2 Å². The summed E-state index contributed by atoms with van der Waals surface area (Å²) in [5.74, 6) is 1.69. The molecule has 0 aliphatic heterocycles. The monoisotopic (exact) mass is 262 g/mol. The van der Waals surface area contributed by atoms with Crippen molar-refractivity contribution >= 4 is 11.7 Å². The van der Waals surface area contributed by atoms with E-state index in [1.807, 2.05) is 0 Å². The number of nitrogens with one attached hydrogen (secondary N) is 2. The van der Waals surface area contributed by atoms with Gasteiger partial charge in [0.05, 0.1) is 6.54 Å². The van der Waals surface area contributed by atoms with Crippen LogP contribution in [0.3, 0.4) is 0 Å². The van der Waals surface area contributed by atoms with E-state index in [4.69, 9.17) is 0 Å². The van der Waals surface area contributed by atoms with Gasteiger partial charge in [-0.15, -0.1) is 0 Å². The van der Waals surface area contributed by atoms with Gasteiger partial charge in [-0.2, -0.15) is 0 Å². The van der Waals surface area contributed by atoms with Crippen LogP contribution >= 0.6 is 0 Å². The number of anilines is 1. The van der Waals surface area contributed by atoms with Crippen molar-refractivity contribution in [2.45, 2.75) is 37.6 Å². The first-order valence-corrected chi connectivity index (χ1v) is 6.73. The molecule has 1 amide bonds. The molecule has 0 unspecified atom stereocenters. The van der Waals surface area contributed by atoms with Gasteiger partial charge in [0, 0.05) is 25.1 Å². The average Bonchev–Trinajstić information content (AvgIpc) is 3.22. The number of rotatable bonds is 5. The molecule has 0 radical (unpaired) electrons. The van der Waals surface area contributed by atoms with Crippen molar-refractivity contribution in [1.82, 2.24) is 15.3 Å². The van der Waals surface area contributed by atoms with Crippen LogP contribution in [0.15, 0.2) is 10.9 Å². The summed E-state index contributed by atoms with van der Waals surface area (Å²) in [7, 11) is 1.78. The van der Waals surface area contributed by atoms with E-state index in [-0.39, 0.29) is 18.0 Å². The number of H-pyrrole nitrogens is 1. The Morgan fingerprint density at radius 3 is 2.84 bits per heavy atom. The average molecular weight is 262 g/mol. The number of likely N-dealkylation sites (N-methyl/N-ethyl adjacent to an activating group) is 1. The lowest BCUT2D eigenvalue weighted by Gasteiger charge is -2.17. The summed E-state index contributed by atoms with van der Waals surface area (Å²) in [6.45, 7) is 0.233. The molecule has 1 heterocycles. The summed E-state index contributed by atoms with van der Waals surface area (Å²) in [5, 5.41) is 2.92. The standard InChI is InChI=1S/C13H18N4O2/c1-17(7-12(19)14-9-4-5-9)10-6-11(18)16-13(15-10)8-2-3-8/h6,8-9H,2-5,7H2,1H3,(H,14,19)(H,15,16,18). The first-order valence-electron chi connectivity index (χ1n) is 6.73. The summed E-state index contributed by atoms with van der Waals surface area (Å²) < 4.78 is 0. The Morgan fingerprint density at radius 2 is 2.21 bits per heavy atom. The van der Waals surface area contributed by atoms with Crippen LogP contribution in [0.2, 0.25) is 0 Å². The quantitative estimate of drug-likeness (QED) is 0.803. The lowest BCUT2D eigenvalue weighted by Crippen LogP contribution is -2.37. The van der Waals surface area contributed by atoms with Crippen LogP contribution in [0.25, 0.3) is 0 Å². The van der Waals surface area contributed by atoms with Crippen LogP contribution in [0.4, 0.5) is 5.82 Å². The molecule has 0 atom stereocenters. The van der Waals surface area contributed by atoms with Crippen LogP contribution in [0.1, 0.15) is 37.4 Å². The van der Waals surface area contributed by atoms with E-state index in [2.05, 4.69) is 15.3 Å². The first kappa shape index (κ1) is 12.2. The van der Waals surface area contributed by atoms with Crippen molar-refractivity contribution in [3.63, 3.8) is 0 Å². The third kappa shape index (κ3) is 3.13. The minimum atomic E-state index is -0.152. The van der Waals surface area contributed by atoms with Gasteiger partial charge in [-0.3, -0.25) is 9.59 Å². The van der Waals surface area contributed by atoms with E-state index in [9.17, 15) is 9.59 Å². The Balaban J connectivity index is 1.69. The number of amides is 1. The zero-order valence-corrected chi connectivity index (χ0v) is 11.0. The normalized spacial score (nSPS) is 18.2. The smallest absolute Gasteiger partial charge is 0.252 e. The maximum Gasteiger partial charge on any atom is 0.252 e. The molecule has 0 aromatic carbocycles. The maximum atomic E-state index is 11.7. The second-order valence-electron chi connectivity index (χ2n) is 5.46. The van der Waals surface area contributed by atoms with Crippen molar-refractivity contribution in [1.29, 1.82) is 0 Å². The Labute approximate surface area is 111 Å². The number of hydrogen-bond acceptors (Lipinski definition) is 4. The summed E-state index contributed by atoms with van der Waals surface area (Å²) in [6, 6.07) is 1.80. The minimum Gasteiger partial charge on any atom is -0.352 e. The van der Waals surface area contributed by atoms with Crippen molar-refractivity contribution in [3.8, 4) is 0 Å². The predicted octanol–water partition coefficient (Wildman–Crippen LogP) is 0.362. The van der Waals surface area contributed by atoms with Crippen LogP contribution in [0, 0.1) is 0 Å². The second-order valence-corrected chi connectivity index (χ2v) is 5.46. The lowest BCUT2D eigenvalue weighted by molar-refractivity contribution is -0.119. The number of hydrogen-bond donors (Lipinski definition) is 2. The molecule has 19 heavy (non-hydrogen) atoms. The van der Waals surface area contributed by atoms with Gasteiger partial charge >= 0.3 is 0 Å². The summed E-state index contributed by atoms with van der Waals surface area (Å²) in [5.41, 5.74) is -0.152. The van der Waals surface area contributed by atoms with Crippen molar-refractivity contribution < 1.29 is 4.79 Å². The Morgan fingerprint density at radius 1 is 1.47 bits per heavy atom. The van der Waals surface area contributed by atoms with Gasteiger partial charge in [0.2, 0.25) is 5.91 Å². The second kappa shape index (κ2) is 4.68. The number of aromatic amines is 1. The van der Waals surface area contributed by atoms with E-state index in [1.165, 1.54) is 6.07 Å². The molecule has 1 aromatic heterocycles. The van der Waals surface area contributed by atoms with Crippen molar-refractivity contribution in [2.75, 3.05) is 18.5 Å². The van der Waals surface area contributed by atoms with E-state index in [0.717, 1.165) is 31.5 Å². The highest BCUT2D eigenvalue weighted by molar-refractivity contribution is 5.81. The van der Waals surface area contributed by atoms with E-state index >= 15 is 0 Å². The SMILES string of the molecule is CN(CC(=O)NC1CC1)c1cc(=O)[nH]c(C2CC2)n1. The fraction of sp³-hybridized carbons (Fsp3) is 0.615.